The van der Waals surface area contributed by atoms with Crippen LogP contribution in [0.1, 0.15) is 10.4 Å². The minimum atomic E-state index is -1.70. The lowest BCUT2D eigenvalue weighted by Crippen LogP contribution is -2.16. The number of aromatic nitrogens is 2. The molecular weight excluding hydrogens is 381 g/mol. The van der Waals surface area contributed by atoms with Crippen LogP contribution >= 0.6 is 0 Å². The molecule has 0 aliphatic heterocycles. The van der Waals surface area contributed by atoms with Gasteiger partial charge in [0.05, 0.1) is 28.7 Å². The van der Waals surface area contributed by atoms with Gasteiger partial charge >= 0.3 is 0 Å². The molecule has 2 heterocycles. The van der Waals surface area contributed by atoms with Gasteiger partial charge in [-0.25, -0.2) is 18.2 Å². The number of rotatable bonds is 4. The summed E-state index contributed by atoms with van der Waals surface area (Å²) in [5, 5.41) is 6.52. The first kappa shape index (κ1) is 18.4. The van der Waals surface area contributed by atoms with Crippen LogP contribution in [-0.4, -0.2) is 15.9 Å². The Bertz CT molecular complexity index is 1210. The van der Waals surface area contributed by atoms with Crippen molar-refractivity contribution in [1.82, 2.24) is 9.97 Å². The van der Waals surface area contributed by atoms with E-state index in [2.05, 4.69) is 20.6 Å². The van der Waals surface area contributed by atoms with E-state index >= 15 is 0 Å². The molecule has 0 fully saturated rings. The first-order valence-electron chi connectivity index (χ1n) is 8.54. The van der Waals surface area contributed by atoms with E-state index in [1.54, 1.807) is 12.3 Å². The molecule has 0 atom stereocenters. The normalized spacial score (nSPS) is 10.7. The molecule has 5 nitrogen and oxygen atoms in total. The summed E-state index contributed by atoms with van der Waals surface area (Å²) in [6, 6.07) is 14.2. The lowest BCUT2D eigenvalue weighted by Gasteiger charge is -2.10. The topological polar surface area (TPSA) is 66.9 Å². The van der Waals surface area contributed by atoms with Crippen molar-refractivity contribution in [3.05, 3.63) is 90.0 Å². The van der Waals surface area contributed by atoms with Crippen LogP contribution in [0.2, 0.25) is 0 Å². The van der Waals surface area contributed by atoms with Gasteiger partial charge in [0, 0.05) is 11.6 Å². The van der Waals surface area contributed by atoms with Gasteiger partial charge in [-0.2, -0.15) is 0 Å². The van der Waals surface area contributed by atoms with Gasteiger partial charge in [-0.15, -0.1) is 0 Å². The molecule has 4 rings (SSSR count). The van der Waals surface area contributed by atoms with Crippen LogP contribution in [0.4, 0.5) is 30.4 Å². The molecule has 0 unspecified atom stereocenters. The molecule has 0 bridgehead atoms. The van der Waals surface area contributed by atoms with Crippen molar-refractivity contribution in [1.29, 1.82) is 0 Å². The summed E-state index contributed by atoms with van der Waals surface area (Å²) in [5.41, 5.74) is 1.60. The van der Waals surface area contributed by atoms with Crippen LogP contribution in [-0.2, 0) is 0 Å². The second-order valence-corrected chi connectivity index (χ2v) is 6.11. The summed E-state index contributed by atoms with van der Waals surface area (Å²) in [6.45, 7) is 0. The highest BCUT2D eigenvalue weighted by Gasteiger charge is 2.19. The van der Waals surface area contributed by atoms with Gasteiger partial charge in [0.1, 0.15) is 5.82 Å². The number of pyridine rings is 2. The average Bonchev–Trinajstić information content (AvgIpc) is 2.74. The summed E-state index contributed by atoms with van der Waals surface area (Å²) in [5.74, 6) is -5.43. The fourth-order valence-electron chi connectivity index (χ4n) is 2.79. The summed E-state index contributed by atoms with van der Waals surface area (Å²) in [7, 11) is 0. The summed E-state index contributed by atoms with van der Waals surface area (Å²) >= 11 is 0. The fraction of sp³-hybridized carbons (Fsp3) is 0. The zero-order valence-corrected chi connectivity index (χ0v) is 14.8. The molecule has 0 spiro atoms. The number of anilines is 3. The third-order valence-corrected chi connectivity index (χ3v) is 4.20. The number of nitrogens with one attached hydrogen (secondary N) is 2. The number of hydrogen-bond acceptors (Lipinski definition) is 4. The third kappa shape index (κ3) is 3.73. The number of fused-ring (bicyclic) bond motifs is 1. The summed E-state index contributed by atoms with van der Waals surface area (Å²) in [4.78, 5) is 20.6. The molecule has 2 aromatic heterocycles. The second kappa shape index (κ2) is 7.59. The van der Waals surface area contributed by atoms with Crippen molar-refractivity contribution >= 4 is 34.0 Å². The number of halogens is 3. The highest BCUT2D eigenvalue weighted by molar-refractivity contribution is 6.04. The zero-order chi connectivity index (χ0) is 20.4. The standard InChI is InChI=1S/C21H13F3N4O/c22-15-8-7-14(18(23)19(15)24)21(29)28-17-9-6-13(11-26-17)27-16-5-1-3-12-4-2-10-25-20(12)16/h1-11,27H,(H,26,28,29). The molecule has 29 heavy (non-hydrogen) atoms. The van der Waals surface area contributed by atoms with Crippen molar-refractivity contribution in [2.45, 2.75) is 0 Å². The van der Waals surface area contributed by atoms with E-state index in [1.165, 1.54) is 12.3 Å². The molecule has 0 aliphatic rings. The predicted molar refractivity (Wildman–Crippen MR) is 104 cm³/mol. The smallest absolute Gasteiger partial charge is 0.259 e. The number of carbonyl (C=O) groups is 1. The molecule has 4 aromatic rings. The molecule has 0 radical (unpaired) electrons. The molecule has 1 amide bonds. The Labute approximate surface area is 163 Å². The monoisotopic (exact) mass is 394 g/mol. The van der Waals surface area contributed by atoms with Crippen molar-refractivity contribution in [3.63, 3.8) is 0 Å². The van der Waals surface area contributed by atoms with Crippen molar-refractivity contribution in [2.75, 3.05) is 10.6 Å². The van der Waals surface area contributed by atoms with Crippen LogP contribution in [0.25, 0.3) is 10.9 Å². The van der Waals surface area contributed by atoms with E-state index < -0.39 is 28.9 Å². The predicted octanol–water partition coefficient (Wildman–Crippen LogP) is 5.04. The number of benzene rings is 2. The Hall–Kier alpha value is -3.94. The molecule has 0 saturated carbocycles. The van der Waals surface area contributed by atoms with Crippen LogP contribution in [0.5, 0.6) is 0 Å². The molecule has 2 aromatic carbocycles. The minimum absolute atomic E-state index is 0.126. The fourth-order valence-corrected chi connectivity index (χ4v) is 2.79. The second-order valence-electron chi connectivity index (χ2n) is 6.11. The van der Waals surface area contributed by atoms with E-state index in [-0.39, 0.29) is 5.82 Å². The Balaban J connectivity index is 1.51. The number of amides is 1. The molecule has 144 valence electrons. The Morgan fingerprint density at radius 1 is 0.862 bits per heavy atom. The summed E-state index contributed by atoms with van der Waals surface area (Å²) < 4.78 is 40.0. The lowest BCUT2D eigenvalue weighted by molar-refractivity contribution is 0.102. The first-order valence-corrected chi connectivity index (χ1v) is 8.54. The molecule has 0 aliphatic carbocycles. The van der Waals surface area contributed by atoms with Gasteiger partial charge in [0.15, 0.2) is 17.5 Å². The molecule has 8 heteroatoms. The number of carbonyl (C=O) groups excluding carboxylic acids is 1. The van der Waals surface area contributed by atoms with Crippen LogP contribution in [0, 0.1) is 17.5 Å². The Morgan fingerprint density at radius 3 is 2.48 bits per heavy atom. The van der Waals surface area contributed by atoms with Crippen LogP contribution in [0.15, 0.2) is 67.0 Å². The SMILES string of the molecule is O=C(Nc1ccc(Nc2cccc3cccnc23)cn1)c1ccc(F)c(F)c1F. The average molecular weight is 394 g/mol. The molecule has 2 N–H and O–H groups in total. The van der Waals surface area contributed by atoms with Gasteiger partial charge < -0.3 is 10.6 Å². The number of hydrogen-bond donors (Lipinski definition) is 2. The third-order valence-electron chi connectivity index (χ3n) is 4.20. The maximum Gasteiger partial charge on any atom is 0.259 e. The zero-order valence-electron chi connectivity index (χ0n) is 14.8. The quantitative estimate of drug-likeness (QED) is 0.476. The van der Waals surface area contributed by atoms with E-state index in [9.17, 15) is 18.0 Å². The summed E-state index contributed by atoms with van der Waals surface area (Å²) in [6.07, 6.45) is 3.17. The molecule has 0 saturated heterocycles. The van der Waals surface area contributed by atoms with Gasteiger partial charge in [-0.05, 0) is 36.4 Å². The Kier molecular flexibility index (Phi) is 4.82. The number of nitrogens with zero attached hydrogens (tertiary/aromatic N) is 2. The molecular formula is C21H13F3N4O. The Morgan fingerprint density at radius 2 is 1.69 bits per heavy atom. The maximum absolute atomic E-state index is 13.7. The lowest BCUT2D eigenvalue weighted by atomic mass is 10.2. The van der Waals surface area contributed by atoms with Crippen molar-refractivity contribution in [3.8, 4) is 0 Å². The highest BCUT2D eigenvalue weighted by Crippen LogP contribution is 2.25. The van der Waals surface area contributed by atoms with E-state index in [0.717, 1.165) is 22.7 Å². The van der Waals surface area contributed by atoms with E-state index in [1.807, 2.05) is 30.3 Å². The van der Waals surface area contributed by atoms with E-state index in [4.69, 9.17) is 0 Å². The van der Waals surface area contributed by atoms with Crippen molar-refractivity contribution < 1.29 is 18.0 Å². The largest absolute Gasteiger partial charge is 0.352 e. The van der Waals surface area contributed by atoms with Gasteiger partial charge in [0.2, 0.25) is 0 Å². The van der Waals surface area contributed by atoms with Gasteiger partial charge in [-0.3, -0.25) is 9.78 Å². The van der Waals surface area contributed by atoms with Crippen molar-refractivity contribution in [2.24, 2.45) is 0 Å². The van der Waals surface area contributed by atoms with E-state index in [0.29, 0.717) is 11.8 Å². The first-order chi connectivity index (χ1) is 14.0. The van der Waals surface area contributed by atoms with Gasteiger partial charge in [0.25, 0.3) is 5.91 Å². The minimum Gasteiger partial charge on any atom is -0.352 e. The van der Waals surface area contributed by atoms with Gasteiger partial charge in [-0.1, -0.05) is 18.2 Å². The number of para-hydroxylation sites is 1. The highest BCUT2D eigenvalue weighted by atomic mass is 19.2. The van der Waals surface area contributed by atoms with Crippen LogP contribution < -0.4 is 10.6 Å². The van der Waals surface area contributed by atoms with Crippen LogP contribution in [0.3, 0.4) is 0 Å². The maximum atomic E-state index is 13.7.